The van der Waals surface area contributed by atoms with Crippen LogP contribution in [0.1, 0.15) is 23.9 Å². The second-order valence-electron chi connectivity index (χ2n) is 5.08. The topological polar surface area (TPSA) is 67.2 Å². The lowest BCUT2D eigenvalue weighted by Gasteiger charge is -2.06. The highest BCUT2D eigenvalue weighted by Crippen LogP contribution is 2.21. The molecule has 0 atom stereocenters. The number of aromatic nitrogens is 2. The van der Waals surface area contributed by atoms with Crippen LogP contribution >= 0.6 is 35.0 Å². The molecule has 126 valence electrons. The smallest absolute Gasteiger partial charge is 0.250 e. The predicted octanol–water partition coefficient (Wildman–Crippen LogP) is 4.03. The summed E-state index contributed by atoms with van der Waals surface area (Å²) in [4.78, 5) is 20.5. The summed E-state index contributed by atoms with van der Waals surface area (Å²) >= 11 is 13.3. The van der Waals surface area contributed by atoms with Crippen LogP contribution in [-0.4, -0.2) is 27.3 Å². The van der Waals surface area contributed by atoms with E-state index in [9.17, 15) is 4.79 Å². The number of carbonyl (C=O) groups is 1. The maximum Gasteiger partial charge on any atom is 0.250 e. The van der Waals surface area contributed by atoms with Crippen LogP contribution in [0.3, 0.4) is 0 Å². The molecule has 1 amide bonds. The maximum absolute atomic E-state index is 11.9. The third-order valence-electron chi connectivity index (χ3n) is 2.96. The number of aryl methyl sites for hydroxylation is 2. The first-order chi connectivity index (χ1) is 11.3. The van der Waals surface area contributed by atoms with Gasteiger partial charge in [0.15, 0.2) is 5.16 Å². The van der Waals surface area contributed by atoms with Crippen molar-refractivity contribution in [3.8, 4) is 0 Å². The van der Waals surface area contributed by atoms with Gasteiger partial charge in [-0.15, -0.1) is 0 Å². The number of nitrogens with one attached hydrogen (secondary N) is 1. The Labute approximate surface area is 154 Å². The van der Waals surface area contributed by atoms with E-state index in [2.05, 4.69) is 20.5 Å². The highest BCUT2D eigenvalue weighted by Gasteiger charge is 2.08. The molecule has 2 rings (SSSR count). The molecule has 0 fully saturated rings. The zero-order valence-electron chi connectivity index (χ0n) is 13.4. The van der Waals surface area contributed by atoms with Gasteiger partial charge in [-0.05, 0) is 45.0 Å². The van der Waals surface area contributed by atoms with Crippen molar-refractivity contribution in [2.24, 2.45) is 5.10 Å². The Morgan fingerprint density at radius 2 is 1.88 bits per heavy atom. The number of rotatable bonds is 5. The molecule has 0 bridgehead atoms. The van der Waals surface area contributed by atoms with Crippen molar-refractivity contribution in [1.82, 2.24) is 15.4 Å². The minimum atomic E-state index is -0.250. The second kappa shape index (κ2) is 8.46. The van der Waals surface area contributed by atoms with Gasteiger partial charge in [0.2, 0.25) is 0 Å². The number of thioether (sulfide) groups is 1. The van der Waals surface area contributed by atoms with E-state index in [1.165, 1.54) is 11.8 Å². The summed E-state index contributed by atoms with van der Waals surface area (Å²) in [6.45, 7) is 5.53. The Balaban J connectivity index is 1.95. The van der Waals surface area contributed by atoms with Crippen LogP contribution < -0.4 is 5.43 Å². The molecule has 0 spiro atoms. The molecule has 0 saturated carbocycles. The minimum absolute atomic E-state index is 0.170. The van der Waals surface area contributed by atoms with Crippen LogP contribution in [0.15, 0.2) is 34.5 Å². The molecule has 0 aliphatic rings. The Hall–Kier alpha value is -1.63. The van der Waals surface area contributed by atoms with Gasteiger partial charge in [-0.25, -0.2) is 15.4 Å². The van der Waals surface area contributed by atoms with Crippen molar-refractivity contribution in [3.05, 3.63) is 51.3 Å². The molecule has 1 aromatic heterocycles. The fourth-order valence-electron chi connectivity index (χ4n) is 1.90. The first-order valence-corrected chi connectivity index (χ1v) is 8.83. The van der Waals surface area contributed by atoms with E-state index in [1.807, 2.05) is 19.9 Å². The largest absolute Gasteiger partial charge is 0.272 e. The van der Waals surface area contributed by atoms with E-state index in [0.717, 1.165) is 11.4 Å². The monoisotopic (exact) mass is 382 g/mol. The first-order valence-electron chi connectivity index (χ1n) is 7.09. The molecule has 5 nitrogen and oxygen atoms in total. The van der Waals surface area contributed by atoms with Gasteiger partial charge >= 0.3 is 0 Å². The normalized spacial score (nSPS) is 11.5. The fraction of sp³-hybridized carbons (Fsp3) is 0.250. The molecule has 0 saturated heterocycles. The Kier molecular flexibility index (Phi) is 6.60. The number of carbonyl (C=O) groups excluding carboxylic acids is 1. The Morgan fingerprint density at radius 1 is 1.21 bits per heavy atom. The van der Waals surface area contributed by atoms with Crippen molar-refractivity contribution in [3.63, 3.8) is 0 Å². The predicted molar refractivity (Wildman–Crippen MR) is 99.0 cm³/mol. The van der Waals surface area contributed by atoms with Crippen molar-refractivity contribution in [1.29, 1.82) is 0 Å². The molecule has 1 N–H and O–H groups in total. The number of halogens is 2. The Morgan fingerprint density at radius 3 is 2.54 bits per heavy atom. The standard InChI is InChI=1S/C16H16Cl2N4OS/c1-9-6-10(2)20-16(19-9)24-8-15(23)22-21-11(3)13-7-12(17)4-5-14(13)18/h4-7H,8H2,1-3H3,(H,22,23)/b21-11+. The second-order valence-corrected chi connectivity index (χ2v) is 6.86. The molecule has 24 heavy (non-hydrogen) atoms. The SMILES string of the molecule is C/C(=N\NC(=O)CSc1nc(C)cc(C)n1)c1cc(Cl)ccc1Cl. The molecule has 0 aliphatic heterocycles. The van der Waals surface area contributed by atoms with E-state index >= 15 is 0 Å². The van der Waals surface area contributed by atoms with Crippen LogP contribution in [0, 0.1) is 13.8 Å². The van der Waals surface area contributed by atoms with Gasteiger partial charge < -0.3 is 0 Å². The van der Waals surface area contributed by atoms with Gasteiger partial charge in [0.1, 0.15) is 0 Å². The summed E-state index contributed by atoms with van der Waals surface area (Å²) in [5, 5.41) is 5.71. The van der Waals surface area contributed by atoms with Gasteiger partial charge in [0, 0.05) is 27.0 Å². The van der Waals surface area contributed by atoms with Gasteiger partial charge in [0.25, 0.3) is 5.91 Å². The van der Waals surface area contributed by atoms with Crippen molar-refractivity contribution in [2.75, 3.05) is 5.75 Å². The van der Waals surface area contributed by atoms with Gasteiger partial charge in [-0.3, -0.25) is 4.79 Å². The lowest BCUT2D eigenvalue weighted by molar-refractivity contribution is -0.118. The van der Waals surface area contributed by atoms with Crippen molar-refractivity contribution < 1.29 is 4.79 Å². The highest BCUT2D eigenvalue weighted by molar-refractivity contribution is 7.99. The quantitative estimate of drug-likeness (QED) is 0.366. The van der Waals surface area contributed by atoms with Crippen LogP contribution in [0.4, 0.5) is 0 Å². The van der Waals surface area contributed by atoms with Gasteiger partial charge in [-0.2, -0.15) is 5.10 Å². The van der Waals surface area contributed by atoms with E-state index in [1.54, 1.807) is 25.1 Å². The van der Waals surface area contributed by atoms with Crippen LogP contribution in [0.25, 0.3) is 0 Å². The molecule has 0 unspecified atom stereocenters. The molecule has 1 aromatic carbocycles. The van der Waals surface area contributed by atoms with E-state index in [-0.39, 0.29) is 11.7 Å². The van der Waals surface area contributed by atoms with Gasteiger partial charge in [0.05, 0.1) is 11.5 Å². The molecular formula is C16H16Cl2N4OS. The molecular weight excluding hydrogens is 367 g/mol. The average molecular weight is 383 g/mol. The van der Waals surface area contributed by atoms with Crippen molar-refractivity contribution in [2.45, 2.75) is 25.9 Å². The number of hydrazone groups is 1. The van der Waals surface area contributed by atoms with Crippen LogP contribution in [0.2, 0.25) is 10.0 Å². The molecule has 0 aliphatic carbocycles. The van der Waals surface area contributed by atoms with Crippen LogP contribution in [-0.2, 0) is 4.79 Å². The zero-order chi connectivity index (χ0) is 17.7. The highest BCUT2D eigenvalue weighted by atomic mass is 35.5. The van der Waals surface area contributed by atoms with Crippen molar-refractivity contribution >= 4 is 46.6 Å². The summed E-state index contributed by atoms with van der Waals surface area (Å²) in [7, 11) is 0. The summed E-state index contributed by atoms with van der Waals surface area (Å²) in [6, 6.07) is 6.96. The molecule has 0 radical (unpaired) electrons. The summed E-state index contributed by atoms with van der Waals surface area (Å²) in [5.74, 6) is -0.0802. The minimum Gasteiger partial charge on any atom is -0.272 e. The number of amides is 1. The molecule has 8 heteroatoms. The third-order valence-corrected chi connectivity index (χ3v) is 4.37. The molecule has 2 aromatic rings. The van der Waals surface area contributed by atoms with Gasteiger partial charge in [-0.1, -0.05) is 35.0 Å². The van der Waals surface area contributed by atoms with E-state index < -0.39 is 0 Å². The number of nitrogens with zero attached hydrogens (tertiary/aromatic N) is 3. The zero-order valence-corrected chi connectivity index (χ0v) is 15.8. The summed E-state index contributed by atoms with van der Waals surface area (Å²) < 4.78 is 0. The first kappa shape index (κ1) is 18.7. The van der Waals surface area contributed by atoms with E-state index in [4.69, 9.17) is 23.2 Å². The molecule has 1 heterocycles. The lowest BCUT2D eigenvalue weighted by Crippen LogP contribution is -2.21. The number of benzene rings is 1. The fourth-order valence-corrected chi connectivity index (χ4v) is 3.07. The summed E-state index contributed by atoms with van der Waals surface area (Å²) in [5.41, 5.74) is 5.49. The number of hydrogen-bond donors (Lipinski definition) is 1. The Bertz CT molecular complexity index is 775. The van der Waals surface area contributed by atoms with Crippen LogP contribution in [0.5, 0.6) is 0 Å². The van der Waals surface area contributed by atoms with E-state index in [0.29, 0.717) is 26.5 Å². The lowest BCUT2D eigenvalue weighted by atomic mass is 10.1. The summed E-state index contributed by atoms with van der Waals surface area (Å²) in [6.07, 6.45) is 0. The number of hydrogen-bond acceptors (Lipinski definition) is 5. The average Bonchev–Trinajstić information content (AvgIpc) is 2.52. The maximum atomic E-state index is 11.9. The third kappa shape index (κ3) is 5.47.